The summed E-state index contributed by atoms with van der Waals surface area (Å²) in [6, 6.07) is 13.8. The molecule has 0 bridgehead atoms. The van der Waals surface area contributed by atoms with Crippen LogP contribution in [0, 0.1) is 11.3 Å². The Bertz CT molecular complexity index is 752. The van der Waals surface area contributed by atoms with E-state index in [0.29, 0.717) is 6.42 Å². The lowest BCUT2D eigenvalue weighted by atomic mass is 9.96. The molecule has 1 aliphatic rings. The van der Waals surface area contributed by atoms with Crippen LogP contribution < -0.4 is 5.73 Å². The van der Waals surface area contributed by atoms with E-state index in [1.165, 1.54) is 0 Å². The molecule has 1 fully saturated rings. The average molecular weight is 334 g/mol. The number of carbonyl (C=O) groups excluding carboxylic acids is 1. The first-order valence-electron chi connectivity index (χ1n) is 8.63. The first-order chi connectivity index (χ1) is 12.2. The summed E-state index contributed by atoms with van der Waals surface area (Å²) < 4.78 is 0. The quantitative estimate of drug-likeness (QED) is 0.911. The molecule has 0 saturated carbocycles. The number of nitrogens with two attached hydrogens (primary N) is 1. The minimum Gasteiger partial charge on any atom is -0.368 e. The molecule has 128 valence electrons. The van der Waals surface area contributed by atoms with Crippen LogP contribution in [0.25, 0.3) is 11.1 Å². The normalized spacial score (nSPS) is 19.1. The maximum atomic E-state index is 11.7. The second kappa shape index (κ2) is 7.91. The molecule has 5 nitrogen and oxygen atoms in total. The van der Waals surface area contributed by atoms with Crippen LogP contribution in [0.1, 0.15) is 24.8 Å². The van der Waals surface area contributed by atoms with Crippen LogP contribution in [0.2, 0.25) is 0 Å². The van der Waals surface area contributed by atoms with E-state index in [9.17, 15) is 10.1 Å². The smallest absolute Gasteiger partial charge is 0.234 e. The topological polar surface area (TPSA) is 83.0 Å². The maximum absolute atomic E-state index is 11.7. The Hall–Kier alpha value is -2.71. The van der Waals surface area contributed by atoms with Crippen LogP contribution in [0.4, 0.5) is 0 Å². The molecule has 1 aliphatic heterocycles. The van der Waals surface area contributed by atoms with Gasteiger partial charge in [-0.1, -0.05) is 36.8 Å². The molecule has 3 rings (SSSR count). The molecule has 2 aromatic rings. The first-order valence-corrected chi connectivity index (χ1v) is 8.63. The number of primary amides is 1. The van der Waals surface area contributed by atoms with Crippen molar-refractivity contribution in [2.75, 3.05) is 6.54 Å². The molecule has 1 saturated heterocycles. The summed E-state index contributed by atoms with van der Waals surface area (Å²) >= 11 is 0. The van der Waals surface area contributed by atoms with Gasteiger partial charge in [0, 0.05) is 25.4 Å². The van der Waals surface area contributed by atoms with Crippen molar-refractivity contribution in [2.45, 2.75) is 37.8 Å². The zero-order valence-electron chi connectivity index (χ0n) is 14.1. The molecule has 1 aromatic heterocycles. The van der Waals surface area contributed by atoms with Gasteiger partial charge >= 0.3 is 0 Å². The lowest BCUT2D eigenvalue weighted by molar-refractivity contribution is -0.125. The lowest BCUT2D eigenvalue weighted by Crippen LogP contribution is -2.52. The molecule has 1 aromatic carbocycles. The number of nitrogens with zero attached hydrogens (tertiary/aromatic N) is 3. The van der Waals surface area contributed by atoms with E-state index in [4.69, 9.17) is 5.73 Å². The molecular weight excluding hydrogens is 312 g/mol. The highest BCUT2D eigenvalue weighted by Gasteiger charge is 2.32. The van der Waals surface area contributed by atoms with Gasteiger partial charge in [0.2, 0.25) is 5.91 Å². The van der Waals surface area contributed by atoms with Crippen molar-refractivity contribution >= 4 is 5.91 Å². The van der Waals surface area contributed by atoms with Gasteiger partial charge in [0.15, 0.2) is 0 Å². The zero-order valence-corrected chi connectivity index (χ0v) is 14.1. The second-order valence-corrected chi connectivity index (χ2v) is 6.44. The fourth-order valence-corrected chi connectivity index (χ4v) is 3.46. The number of nitriles is 1. The van der Waals surface area contributed by atoms with Crippen LogP contribution in [-0.2, 0) is 11.2 Å². The van der Waals surface area contributed by atoms with E-state index in [-0.39, 0.29) is 18.0 Å². The van der Waals surface area contributed by atoms with Crippen LogP contribution in [0.15, 0.2) is 48.8 Å². The second-order valence-electron chi connectivity index (χ2n) is 6.44. The summed E-state index contributed by atoms with van der Waals surface area (Å²) in [7, 11) is 0. The standard InChI is InChI=1S/C20H22N4O/c21-13-18(24-11-2-1-5-19(24)20(22)25)12-15-6-8-16(9-7-15)17-4-3-10-23-14-17/h3-4,6-10,14,18-19H,1-2,5,11-12H2,(H2,22,25)/t18-,19?/m0/s1. The van der Waals surface area contributed by atoms with Crippen LogP contribution in [0.5, 0.6) is 0 Å². The van der Waals surface area contributed by atoms with Crippen LogP contribution >= 0.6 is 0 Å². The Morgan fingerprint density at radius 1 is 1.28 bits per heavy atom. The van der Waals surface area contributed by atoms with Crippen molar-refractivity contribution in [1.29, 1.82) is 5.26 Å². The van der Waals surface area contributed by atoms with Gasteiger partial charge in [-0.3, -0.25) is 14.7 Å². The van der Waals surface area contributed by atoms with E-state index in [1.54, 1.807) is 6.20 Å². The largest absolute Gasteiger partial charge is 0.368 e. The average Bonchev–Trinajstić information content (AvgIpc) is 2.67. The monoisotopic (exact) mass is 334 g/mol. The van der Waals surface area contributed by atoms with Gasteiger partial charge in [-0.25, -0.2) is 0 Å². The number of benzene rings is 1. The number of aromatic nitrogens is 1. The molecule has 2 N–H and O–H groups in total. The Morgan fingerprint density at radius 3 is 2.72 bits per heavy atom. The molecule has 1 unspecified atom stereocenters. The molecule has 25 heavy (non-hydrogen) atoms. The molecular formula is C20H22N4O. The summed E-state index contributed by atoms with van der Waals surface area (Å²) in [5, 5.41) is 9.62. The van der Waals surface area contributed by atoms with Gasteiger partial charge in [-0.15, -0.1) is 0 Å². The highest BCUT2D eigenvalue weighted by atomic mass is 16.1. The van der Waals surface area contributed by atoms with Crippen molar-refractivity contribution in [2.24, 2.45) is 5.73 Å². The van der Waals surface area contributed by atoms with E-state index >= 15 is 0 Å². The van der Waals surface area contributed by atoms with E-state index < -0.39 is 0 Å². The van der Waals surface area contributed by atoms with Gasteiger partial charge in [-0.2, -0.15) is 5.26 Å². The minimum atomic E-state index is -0.331. The molecule has 0 radical (unpaired) electrons. The van der Waals surface area contributed by atoms with Crippen molar-refractivity contribution in [3.8, 4) is 17.2 Å². The Labute approximate surface area is 148 Å². The Morgan fingerprint density at radius 2 is 2.08 bits per heavy atom. The van der Waals surface area contributed by atoms with Crippen molar-refractivity contribution in [3.05, 3.63) is 54.4 Å². The Balaban J connectivity index is 1.73. The van der Waals surface area contributed by atoms with Crippen LogP contribution in [0.3, 0.4) is 0 Å². The number of hydrogen-bond donors (Lipinski definition) is 1. The number of rotatable bonds is 5. The van der Waals surface area contributed by atoms with Crippen molar-refractivity contribution in [3.63, 3.8) is 0 Å². The summed E-state index contributed by atoms with van der Waals surface area (Å²) in [4.78, 5) is 17.8. The molecule has 5 heteroatoms. The molecule has 0 aliphatic carbocycles. The maximum Gasteiger partial charge on any atom is 0.234 e. The highest BCUT2D eigenvalue weighted by Crippen LogP contribution is 2.23. The number of carbonyl (C=O) groups is 1. The van der Waals surface area contributed by atoms with Crippen LogP contribution in [-0.4, -0.2) is 34.4 Å². The first kappa shape index (κ1) is 17.1. The fourth-order valence-electron chi connectivity index (χ4n) is 3.46. The van der Waals surface area contributed by atoms with Crippen molar-refractivity contribution in [1.82, 2.24) is 9.88 Å². The van der Waals surface area contributed by atoms with Gasteiger partial charge < -0.3 is 5.73 Å². The highest BCUT2D eigenvalue weighted by molar-refractivity contribution is 5.80. The number of likely N-dealkylation sites (tertiary alicyclic amines) is 1. The van der Waals surface area contributed by atoms with Gasteiger partial charge in [0.25, 0.3) is 0 Å². The molecule has 1 amide bonds. The molecule has 2 atom stereocenters. The SMILES string of the molecule is N#C[C@H](Cc1ccc(-c2cccnc2)cc1)N1CCCCC1C(N)=O. The number of hydrogen-bond acceptors (Lipinski definition) is 4. The summed E-state index contributed by atoms with van der Waals surface area (Å²) in [6.45, 7) is 0.750. The summed E-state index contributed by atoms with van der Waals surface area (Å²) in [5.74, 6) is -0.327. The van der Waals surface area contributed by atoms with Gasteiger partial charge in [0.05, 0.1) is 12.1 Å². The number of piperidine rings is 1. The number of amides is 1. The third-order valence-corrected chi connectivity index (χ3v) is 4.80. The van der Waals surface area contributed by atoms with E-state index in [1.807, 2.05) is 47.5 Å². The van der Waals surface area contributed by atoms with E-state index in [2.05, 4.69) is 11.1 Å². The Kier molecular flexibility index (Phi) is 5.42. The van der Waals surface area contributed by atoms with Gasteiger partial charge in [0.1, 0.15) is 6.04 Å². The van der Waals surface area contributed by atoms with Crippen molar-refractivity contribution < 1.29 is 4.79 Å². The van der Waals surface area contributed by atoms with E-state index in [0.717, 1.165) is 42.5 Å². The zero-order chi connectivity index (χ0) is 17.6. The lowest BCUT2D eigenvalue weighted by Gasteiger charge is -2.36. The molecule has 0 spiro atoms. The fraction of sp³-hybridized carbons (Fsp3) is 0.350. The predicted octanol–water partition coefficient (Wildman–Crippen LogP) is 2.52. The summed E-state index contributed by atoms with van der Waals surface area (Å²) in [6.07, 6.45) is 6.91. The molecule has 2 heterocycles. The summed E-state index contributed by atoms with van der Waals surface area (Å²) in [5.41, 5.74) is 8.77. The third-order valence-electron chi connectivity index (χ3n) is 4.80. The number of pyridine rings is 1. The third kappa shape index (κ3) is 4.04. The minimum absolute atomic E-state index is 0.326. The van der Waals surface area contributed by atoms with Gasteiger partial charge in [-0.05, 0) is 35.6 Å². The predicted molar refractivity (Wildman–Crippen MR) is 96.3 cm³/mol.